The van der Waals surface area contributed by atoms with Gasteiger partial charge in [-0.1, -0.05) is 0 Å². The molecule has 2 unspecified atom stereocenters. The van der Waals surface area contributed by atoms with Gasteiger partial charge in [-0.25, -0.2) is 0 Å². The lowest BCUT2D eigenvalue weighted by Gasteiger charge is -2.36. The van der Waals surface area contributed by atoms with Crippen LogP contribution in [0.5, 0.6) is 0 Å². The second kappa shape index (κ2) is 8.58. The van der Waals surface area contributed by atoms with Gasteiger partial charge in [0.15, 0.2) is 0 Å². The number of hydrogen-bond acceptors (Lipinski definition) is 5. The van der Waals surface area contributed by atoms with Crippen molar-refractivity contribution in [3.8, 4) is 0 Å². The predicted molar refractivity (Wildman–Crippen MR) is 76.4 cm³/mol. The van der Waals surface area contributed by atoms with E-state index in [-0.39, 0.29) is 12.2 Å². The summed E-state index contributed by atoms with van der Waals surface area (Å²) in [6.07, 6.45) is 6.82. The van der Waals surface area contributed by atoms with Crippen molar-refractivity contribution in [3.63, 3.8) is 0 Å². The highest BCUT2D eigenvalue weighted by molar-refractivity contribution is 6.59. The first-order chi connectivity index (χ1) is 9.06. The maximum absolute atomic E-state index is 10.3. The van der Waals surface area contributed by atoms with Crippen molar-refractivity contribution in [2.45, 2.75) is 64.2 Å². The Labute approximate surface area is 116 Å². The van der Waals surface area contributed by atoms with Crippen molar-refractivity contribution in [1.82, 2.24) is 0 Å². The molecule has 0 amide bonds. The lowest BCUT2D eigenvalue weighted by Crippen LogP contribution is -2.52. The van der Waals surface area contributed by atoms with Crippen molar-refractivity contribution < 1.29 is 18.4 Å². The Hall–Kier alpha value is -0.563. The fourth-order valence-corrected chi connectivity index (χ4v) is 4.55. The average molecular weight is 287 g/mol. The quantitative estimate of drug-likeness (QED) is 0.321. The maximum Gasteiger partial charge on any atom is 0.498 e. The van der Waals surface area contributed by atoms with Gasteiger partial charge in [-0.05, 0) is 45.7 Å². The lowest BCUT2D eigenvalue weighted by atomic mass is 10.2. The summed E-state index contributed by atoms with van der Waals surface area (Å²) in [5.74, 6) is 0. The standard InChI is InChI=1S/C13H25NO4Si/c1-12-11-13(2)18-19(16,17-12)10-6-8-14-7-4-3-5-9-15/h7,9,12-13,16H,3-6,8,10-11H2,1-2H3. The highest BCUT2D eigenvalue weighted by Gasteiger charge is 2.43. The third kappa shape index (κ3) is 6.96. The number of nitrogens with zero attached hydrogens (tertiary/aromatic N) is 1. The molecule has 1 saturated heterocycles. The molecule has 2 atom stereocenters. The van der Waals surface area contributed by atoms with Gasteiger partial charge in [-0.15, -0.1) is 0 Å². The minimum Gasteiger partial charge on any atom is -0.390 e. The molecule has 0 bridgehead atoms. The van der Waals surface area contributed by atoms with E-state index in [1.165, 1.54) is 0 Å². The second-order valence-corrected chi connectivity index (χ2v) is 7.49. The van der Waals surface area contributed by atoms with Gasteiger partial charge in [-0.3, -0.25) is 4.99 Å². The summed E-state index contributed by atoms with van der Waals surface area (Å²) >= 11 is 0. The van der Waals surface area contributed by atoms with Crippen LogP contribution in [0.2, 0.25) is 6.04 Å². The molecule has 0 saturated carbocycles. The molecular weight excluding hydrogens is 262 g/mol. The van der Waals surface area contributed by atoms with Gasteiger partial charge >= 0.3 is 8.80 Å². The van der Waals surface area contributed by atoms with Crippen LogP contribution in [-0.4, -0.2) is 44.9 Å². The first-order valence-corrected chi connectivity index (χ1v) is 9.03. The van der Waals surface area contributed by atoms with Crippen LogP contribution in [0.1, 0.15) is 46.0 Å². The fraction of sp³-hybridized carbons (Fsp3) is 0.846. The first-order valence-electron chi connectivity index (χ1n) is 7.05. The Morgan fingerprint density at radius 2 is 1.95 bits per heavy atom. The number of carbonyl (C=O) groups is 1. The number of unbranched alkanes of at least 4 members (excludes halogenated alkanes) is 2. The zero-order chi connectivity index (χ0) is 14.1. The Morgan fingerprint density at radius 1 is 1.26 bits per heavy atom. The average Bonchev–Trinajstić information content (AvgIpc) is 2.30. The summed E-state index contributed by atoms with van der Waals surface area (Å²) < 4.78 is 11.2. The third-order valence-electron chi connectivity index (χ3n) is 3.00. The molecule has 1 rings (SSSR count). The molecule has 1 aliphatic heterocycles. The van der Waals surface area contributed by atoms with Crippen LogP contribution in [0.15, 0.2) is 4.99 Å². The minimum absolute atomic E-state index is 0.0762. The van der Waals surface area contributed by atoms with Gasteiger partial charge in [0.1, 0.15) is 6.29 Å². The highest BCUT2D eigenvalue weighted by atomic mass is 28.4. The molecule has 1 aliphatic rings. The van der Waals surface area contributed by atoms with Gasteiger partial charge in [-0.2, -0.15) is 0 Å². The van der Waals surface area contributed by atoms with Crippen molar-refractivity contribution >= 4 is 21.3 Å². The topological polar surface area (TPSA) is 68.1 Å². The van der Waals surface area contributed by atoms with Crippen molar-refractivity contribution in [2.24, 2.45) is 4.99 Å². The van der Waals surface area contributed by atoms with Gasteiger partial charge in [0, 0.05) is 31.2 Å². The molecule has 1 heterocycles. The summed E-state index contributed by atoms with van der Waals surface area (Å²) in [5.41, 5.74) is 0. The summed E-state index contributed by atoms with van der Waals surface area (Å²) in [4.78, 5) is 24.7. The first kappa shape index (κ1) is 16.5. The molecule has 0 aromatic heterocycles. The van der Waals surface area contributed by atoms with Crippen molar-refractivity contribution in [2.75, 3.05) is 6.54 Å². The molecular formula is C13H25NO4Si. The van der Waals surface area contributed by atoms with Crippen LogP contribution in [0.25, 0.3) is 0 Å². The van der Waals surface area contributed by atoms with E-state index in [0.717, 1.165) is 32.0 Å². The second-order valence-electron chi connectivity index (χ2n) is 5.10. The van der Waals surface area contributed by atoms with E-state index in [9.17, 15) is 9.59 Å². The number of rotatable bonds is 8. The zero-order valence-electron chi connectivity index (χ0n) is 11.9. The highest BCUT2D eigenvalue weighted by Crippen LogP contribution is 2.25. The van der Waals surface area contributed by atoms with Crippen LogP contribution >= 0.6 is 0 Å². The number of hydrogen-bond donors (Lipinski definition) is 1. The van der Waals surface area contributed by atoms with E-state index in [0.29, 0.717) is 19.0 Å². The van der Waals surface area contributed by atoms with Gasteiger partial charge in [0.25, 0.3) is 0 Å². The van der Waals surface area contributed by atoms with Crippen molar-refractivity contribution in [1.29, 1.82) is 0 Å². The monoisotopic (exact) mass is 287 g/mol. The van der Waals surface area contributed by atoms with E-state index in [1.54, 1.807) is 0 Å². The van der Waals surface area contributed by atoms with Crippen LogP contribution in [0, 0.1) is 0 Å². The van der Waals surface area contributed by atoms with Crippen LogP contribution < -0.4 is 0 Å². The van der Waals surface area contributed by atoms with E-state index in [4.69, 9.17) is 8.85 Å². The summed E-state index contributed by atoms with van der Waals surface area (Å²) in [6.45, 7) is 4.62. The molecule has 0 aromatic rings. The minimum atomic E-state index is -2.96. The van der Waals surface area contributed by atoms with Crippen LogP contribution in [-0.2, 0) is 13.6 Å². The number of aliphatic imine (C=N–C) groups is 1. The summed E-state index contributed by atoms with van der Waals surface area (Å²) in [6, 6.07) is 0.563. The van der Waals surface area contributed by atoms with E-state index >= 15 is 0 Å². The number of aldehydes is 1. The van der Waals surface area contributed by atoms with Crippen LogP contribution in [0.4, 0.5) is 0 Å². The Morgan fingerprint density at radius 3 is 2.58 bits per heavy atom. The molecule has 5 nitrogen and oxygen atoms in total. The summed E-state index contributed by atoms with van der Waals surface area (Å²) in [7, 11) is -2.96. The molecule has 1 fully saturated rings. The number of carbonyl (C=O) groups excluding carboxylic acids is 1. The smallest absolute Gasteiger partial charge is 0.390 e. The third-order valence-corrected chi connectivity index (χ3v) is 5.53. The van der Waals surface area contributed by atoms with Crippen LogP contribution in [0.3, 0.4) is 0 Å². The van der Waals surface area contributed by atoms with Gasteiger partial charge in [0.05, 0.1) is 0 Å². The normalized spacial score (nSPS) is 31.7. The largest absolute Gasteiger partial charge is 0.498 e. The van der Waals surface area contributed by atoms with Crippen molar-refractivity contribution in [3.05, 3.63) is 0 Å². The predicted octanol–water partition coefficient (Wildman–Crippen LogP) is 1.96. The van der Waals surface area contributed by atoms with Gasteiger partial charge < -0.3 is 18.4 Å². The summed E-state index contributed by atoms with van der Waals surface area (Å²) in [5, 5.41) is 0. The lowest BCUT2D eigenvalue weighted by molar-refractivity contribution is -0.107. The molecule has 0 aliphatic carbocycles. The van der Waals surface area contributed by atoms with E-state index in [1.807, 2.05) is 20.1 Å². The van der Waals surface area contributed by atoms with Gasteiger partial charge in [0.2, 0.25) is 0 Å². The fourth-order valence-electron chi connectivity index (χ4n) is 2.21. The van der Waals surface area contributed by atoms with E-state index < -0.39 is 8.80 Å². The Balaban J connectivity index is 2.15. The molecule has 19 heavy (non-hydrogen) atoms. The maximum atomic E-state index is 10.3. The van der Waals surface area contributed by atoms with E-state index in [2.05, 4.69) is 4.99 Å². The SMILES string of the molecule is CC1CC(C)O[Si](O)(CCCN=CCCCC=O)O1. The Bertz CT molecular complexity index is 288. The molecule has 110 valence electrons. The molecule has 0 spiro atoms. The molecule has 0 aromatic carbocycles. The molecule has 1 N–H and O–H groups in total. The molecule has 0 radical (unpaired) electrons. The molecule has 6 heteroatoms. The Kier molecular flexibility index (Phi) is 7.44. The zero-order valence-corrected chi connectivity index (χ0v) is 12.9.